The Hall–Kier alpha value is -3.15. The number of hydrogen-bond acceptors (Lipinski definition) is 4. The molecule has 0 amide bonds. The third-order valence-corrected chi connectivity index (χ3v) is 3.10. The van der Waals surface area contributed by atoms with Crippen molar-refractivity contribution in [1.82, 2.24) is 14.9 Å². The molecule has 22 heavy (non-hydrogen) atoms. The predicted octanol–water partition coefficient (Wildman–Crippen LogP) is 2.13. The van der Waals surface area contributed by atoms with Crippen LogP contribution >= 0.6 is 0 Å². The Labute approximate surface area is 126 Å². The summed E-state index contributed by atoms with van der Waals surface area (Å²) in [5.41, 5.74) is 1.24. The monoisotopic (exact) mass is 294 g/mol. The molecule has 110 valence electrons. The van der Waals surface area contributed by atoms with Crippen molar-refractivity contribution in [2.75, 3.05) is 7.11 Å². The minimum atomic E-state index is -0.391. The highest BCUT2D eigenvalue weighted by Crippen LogP contribution is 2.14. The van der Waals surface area contributed by atoms with Crippen LogP contribution in [-0.2, 0) is 0 Å². The zero-order valence-electron chi connectivity index (χ0n) is 11.9. The first-order valence-electron chi connectivity index (χ1n) is 6.69. The highest BCUT2D eigenvalue weighted by Gasteiger charge is 2.08. The first kappa shape index (κ1) is 13.8. The molecule has 6 heteroatoms. The maximum absolute atomic E-state index is 11.9. The number of methoxy groups -OCH3 is 1. The second kappa shape index (κ2) is 6.09. The van der Waals surface area contributed by atoms with Crippen LogP contribution in [0.1, 0.15) is 5.56 Å². The molecule has 0 bridgehead atoms. The Morgan fingerprint density at radius 3 is 2.77 bits per heavy atom. The van der Waals surface area contributed by atoms with E-state index < -0.39 is 5.69 Å². The van der Waals surface area contributed by atoms with Gasteiger partial charge in [0.15, 0.2) is 5.82 Å². The second-order valence-corrected chi connectivity index (χ2v) is 4.55. The van der Waals surface area contributed by atoms with Crippen molar-refractivity contribution in [1.29, 1.82) is 0 Å². The Balaban J connectivity index is 1.97. The number of nitrogens with one attached hydrogen (secondary N) is 1. The fourth-order valence-electron chi connectivity index (χ4n) is 2.02. The molecule has 3 rings (SSSR count). The average molecular weight is 294 g/mol. The van der Waals surface area contributed by atoms with Crippen LogP contribution in [0.2, 0.25) is 0 Å². The van der Waals surface area contributed by atoms with E-state index in [0.29, 0.717) is 5.82 Å². The quantitative estimate of drug-likeness (QED) is 0.749. The lowest BCUT2D eigenvalue weighted by Gasteiger charge is -2.01. The Morgan fingerprint density at radius 2 is 2.00 bits per heavy atom. The molecule has 0 saturated carbocycles. The van der Waals surface area contributed by atoms with Crippen LogP contribution in [-0.4, -0.2) is 28.2 Å². The molecule has 0 radical (unpaired) electrons. The summed E-state index contributed by atoms with van der Waals surface area (Å²) in [7, 11) is 1.60. The Morgan fingerprint density at radius 1 is 1.18 bits per heavy atom. The normalized spacial score (nSPS) is 11.0. The summed E-state index contributed by atoms with van der Waals surface area (Å²) in [5.74, 6) is 1.19. The van der Waals surface area contributed by atoms with Gasteiger partial charge < -0.3 is 4.74 Å². The van der Waals surface area contributed by atoms with Gasteiger partial charge >= 0.3 is 5.69 Å². The fraction of sp³-hybridized carbons (Fsp3) is 0.0625. The molecule has 0 spiro atoms. The van der Waals surface area contributed by atoms with E-state index in [2.05, 4.69) is 15.3 Å². The highest BCUT2D eigenvalue weighted by atomic mass is 16.5. The van der Waals surface area contributed by atoms with Crippen molar-refractivity contribution in [3.63, 3.8) is 0 Å². The minimum Gasteiger partial charge on any atom is -0.497 e. The van der Waals surface area contributed by atoms with Gasteiger partial charge in [0, 0.05) is 5.56 Å². The number of benzene rings is 2. The fourth-order valence-corrected chi connectivity index (χ4v) is 2.02. The second-order valence-electron chi connectivity index (χ2n) is 4.55. The molecule has 0 unspecified atom stereocenters. The van der Waals surface area contributed by atoms with Gasteiger partial charge in [-0.15, -0.1) is 0 Å². The van der Waals surface area contributed by atoms with E-state index in [4.69, 9.17) is 4.74 Å². The van der Waals surface area contributed by atoms with E-state index in [9.17, 15) is 4.79 Å². The van der Waals surface area contributed by atoms with Gasteiger partial charge in [-0.25, -0.2) is 9.89 Å². The van der Waals surface area contributed by atoms with Crippen LogP contribution in [0, 0.1) is 0 Å². The third-order valence-electron chi connectivity index (χ3n) is 3.10. The number of rotatable bonds is 4. The van der Waals surface area contributed by atoms with Gasteiger partial charge in [0.1, 0.15) is 5.75 Å². The summed E-state index contributed by atoms with van der Waals surface area (Å²) in [5, 5.41) is 10.7. The molecule has 1 N–H and O–H groups in total. The first-order chi connectivity index (χ1) is 10.8. The maximum Gasteiger partial charge on any atom is 0.364 e. The topological polar surface area (TPSA) is 72.3 Å². The van der Waals surface area contributed by atoms with Crippen molar-refractivity contribution >= 4 is 6.21 Å². The summed E-state index contributed by atoms with van der Waals surface area (Å²) >= 11 is 0. The van der Waals surface area contributed by atoms with Gasteiger partial charge in [0.05, 0.1) is 13.3 Å². The molecular weight excluding hydrogens is 280 g/mol. The number of nitrogens with zero attached hydrogens (tertiary/aromatic N) is 3. The van der Waals surface area contributed by atoms with Gasteiger partial charge in [-0.3, -0.25) is 0 Å². The van der Waals surface area contributed by atoms with Gasteiger partial charge in [-0.05, 0) is 17.7 Å². The molecule has 0 fully saturated rings. The molecular formula is C16H14N4O2. The van der Waals surface area contributed by atoms with Crippen molar-refractivity contribution in [2.45, 2.75) is 0 Å². The number of ether oxygens (including phenoxy) is 1. The number of H-pyrrole nitrogens is 1. The molecule has 1 aromatic heterocycles. The Bertz CT molecular complexity index is 850. The molecule has 0 aliphatic carbocycles. The summed E-state index contributed by atoms with van der Waals surface area (Å²) in [6.07, 6.45) is 1.59. The van der Waals surface area contributed by atoms with Crippen molar-refractivity contribution in [3.8, 4) is 17.1 Å². The largest absolute Gasteiger partial charge is 0.497 e. The lowest BCUT2D eigenvalue weighted by molar-refractivity contribution is 0.415. The summed E-state index contributed by atoms with van der Waals surface area (Å²) < 4.78 is 6.39. The number of aromatic nitrogens is 3. The van der Waals surface area contributed by atoms with Crippen LogP contribution in [0.15, 0.2) is 64.5 Å². The van der Waals surface area contributed by atoms with E-state index in [1.165, 1.54) is 4.68 Å². The summed E-state index contributed by atoms with van der Waals surface area (Å²) in [4.78, 5) is 11.9. The van der Waals surface area contributed by atoms with Gasteiger partial charge in [0.2, 0.25) is 0 Å². The van der Waals surface area contributed by atoms with E-state index in [1.54, 1.807) is 13.3 Å². The van der Waals surface area contributed by atoms with E-state index in [1.807, 2.05) is 54.6 Å². The zero-order chi connectivity index (χ0) is 15.4. The Kier molecular flexibility index (Phi) is 3.82. The number of aromatic amines is 1. The van der Waals surface area contributed by atoms with Crippen molar-refractivity contribution in [3.05, 3.63) is 70.6 Å². The van der Waals surface area contributed by atoms with Crippen LogP contribution in [0.3, 0.4) is 0 Å². The van der Waals surface area contributed by atoms with Crippen LogP contribution in [0.5, 0.6) is 5.75 Å². The molecule has 2 aromatic carbocycles. The van der Waals surface area contributed by atoms with E-state index in [-0.39, 0.29) is 0 Å². The molecule has 6 nitrogen and oxygen atoms in total. The lowest BCUT2D eigenvalue weighted by atomic mass is 10.2. The smallest absolute Gasteiger partial charge is 0.364 e. The molecule has 0 atom stereocenters. The SMILES string of the molecule is COc1cccc(/C=N/n2c(-c3ccccc3)n[nH]c2=O)c1. The molecule has 1 heterocycles. The van der Waals surface area contributed by atoms with Gasteiger partial charge in [-0.1, -0.05) is 42.5 Å². The average Bonchev–Trinajstić information content (AvgIpc) is 2.95. The van der Waals surface area contributed by atoms with Crippen LogP contribution < -0.4 is 10.4 Å². The van der Waals surface area contributed by atoms with Crippen molar-refractivity contribution in [2.24, 2.45) is 5.10 Å². The lowest BCUT2D eigenvalue weighted by Crippen LogP contribution is -2.13. The highest BCUT2D eigenvalue weighted by molar-refractivity contribution is 5.80. The third kappa shape index (κ3) is 2.80. The summed E-state index contributed by atoms with van der Waals surface area (Å²) in [6, 6.07) is 16.8. The van der Waals surface area contributed by atoms with E-state index in [0.717, 1.165) is 16.9 Å². The van der Waals surface area contributed by atoms with Crippen LogP contribution in [0.4, 0.5) is 0 Å². The zero-order valence-corrected chi connectivity index (χ0v) is 11.9. The summed E-state index contributed by atoms with van der Waals surface area (Å²) in [6.45, 7) is 0. The van der Waals surface area contributed by atoms with E-state index >= 15 is 0 Å². The molecule has 0 aliphatic rings. The van der Waals surface area contributed by atoms with Crippen LogP contribution in [0.25, 0.3) is 11.4 Å². The maximum atomic E-state index is 11.9. The minimum absolute atomic E-state index is 0.391. The first-order valence-corrected chi connectivity index (χ1v) is 6.69. The predicted molar refractivity (Wildman–Crippen MR) is 84.3 cm³/mol. The molecule has 0 aliphatic heterocycles. The molecule has 3 aromatic rings. The number of hydrogen-bond donors (Lipinski definition) is 1. The standard InChI is InChI=1S/C16H14N4O2/c1-22-14-9-5-6-12(10-14)11-17-20-15(18-19-16(20)21)13-7-3-2-4-8-13/h2-11H,1H3,(H,19,21)/b17-11+. The van der Waals surface area contributed by atoms with Gasteiger partial charge in [-0.2, -0.15) is 14.9 Å². The van der Waals surface area contributed by atoms with Crippen molar-refractivity contribution < 1.29 is 4.74 Å². The molecule has 0 saturated heterocycles. The van der Waals surface area contributed by atoms with Gasteiger partial charge in [0.25, 0.3) is 0 Å².